The van der Waals surface area contributed by atoms with Gasteiger partial charge in [0.2, 0.25) is 0 Å². The van der Waals surface area contributed by atoms with E-state index in [0.29, 0.717) is 33.7 Å². The van der Waals surface area contributed by atoms with E-state index in [1.807, 2.05) is 6.07 Å². The molecule has 0 N–H and O–H groups in total. The molecule has 0 aliphatic carbocycles. The summed E-state index contributed by atoms with van der Waals surface area (Å²) in [6, 6.07) is 10.3. The lowest BCUT2D eigenvalue weighted by atomic mass is 10.1. The maximum atomic E-state index is 12.8. The van der Waals surface area contributed by atoms with Gasteiger partial charge in [0.25, 0.3) is 11.1 Å². The van der Waals surface area contributed by atoms with Crippen LogP contribution in [-0.4, -0.2) is 24.9 Å². The summed E-state index contributed by atoms with van der Waals surface area (Å²) in [5.74, 6) is 0.721. The minimum Gasteiger partial charge on any atom is -0.493 e. The summed E-state index contributed by atoms with van der Waals surface area (Å²) in [6.07, 6.45) is 3.30. The Bertz CT molecular complexity index is 992. The molecule has 1 saturated heterocycles. The fourth-order valence-corrected chi connectivity index (χ4v) is 4.40. The van der Waals surface area contributed by atoms with Gasteiger partial charge in [-0.05, 0) is 70.3 Å². The Labute approximate surface area is 185 Å². The first-order valence-corrected chi connectivity index (χ1v) is 10.4. The molecule has 2 aromatic rings. The van der Waals surface area contributed by atoms with Crippen molar-refractivity contribution in [1.29, 1.82) is 0 Å². The smallest absolute Gasteiger partial charge is 0.298 e. The molecule has 0 bridgehead atoms. The number of rotatable bonds is 6. The topological polar surface area (TPSA) is 55.8 Å². The number of benzene rings is 2. The molecule has 3 rings (SSSR count). The Kier molecular flexibility index (Phi) is 6.69. The lowest BCUT2D eigenvalue weighted by molar-refractivity contribution is -0.113. The number of imide groups is 1. The Morgan fingerprint density at radius 1 is 1.29 bits per heavy atom. The molecule has 1 aliphatic rings. The quantitative estimate of drug-likeness (QED) is 0.272. The summed E-state index contributed by atoms with van der Waals surface area (Å²) >= 11 is 9.15. The highest BCUT2D eigenvalue weighted by Gasteiger charge is 2.37. The van der Waals surface area contributed by atoms with Crippen molar-refractivity contribution in [2.45, 2.75) is 0 Å². The third-order valence-electron chi connectivity index (χ3n) is 3.78. The van der Waals surface area contributed by atoms with Crippen molar-refractivity contribution >= 4 is 68.9 Å². The number of ether oxygens (including phenoxy) is 2. The van der Waals surface area contributed by atoms with Crippen molar-refractivity contribution in [2.75, 3.05) is 18.6 Å². The number of anilines is 1. The van der Waals surface area contributed by atoms with E-state index in [2.05, 4.69) is 29.2 Å². The van der Waals surface area contributed by atoms with E-state index in [-0.39, 0.29) is 0 Å². The first-order chi connectivity index (χ1) is 13.5. The number of hydrogen-bond acceptors (Lipinski definition) is 5. The third kappa shape index (κ3) is 4.21. The van der Waals surface area contributed by atoms with Gasteiger partial charge in [-0.1, -0.05) is 36.4 Å². The largest absolute Gasteiger partial charge is 0.493 e. The molecule has 0 atom stereocenters. The first kappa shape index (κ1) is 20.8. The number of carbonyl (C=O) groups excluding carboxylic acids is 2. The fraction of sp³-hybridized carbons (Fsp3) is 0.100. The van der Waals surface area contributed by atoms with Gasteiger partial charge in [0.1, 0.15) is 6.61 Å². The van der Waals surface area contributed by atoms with E-state index in [0.717, 1.165) is 25.8 Å². The van der Waals surface area contributed by atoms with E-state index in [1.165, 1.54) is 0 Å². The van der Waals surface area contributed by atoms with Gasteiger partial charge in [-0.2, -0.15) is 0 Å². The highest BCUT2D eigenvalue weighted by Crippen LogP contribution is 2.40. The zero-order chi connectivity index (χ0) is 20.3. The van der Waals surface area contributed by atoms with Crippen LogP contribution in [0.1, 0.15) is 5.56 Å². The number of thioether (sulfide) groups is 1. The van der Waals surface area contributed by atoms with Crippen molar-refractivity contribution in [2.24, 2.45) is 0 Å². The third-order valence-corrected chi connectivity index (χ3v) is 5.77. The molecule has 0 saturated carbocycles. The molecule has 1 aliphatic heterocycles. The second-order valence-corrected chi connectivity index (χ2v) is 8.16. The molecule has 28 heavy (non-hydrogen) atoms. The highest BCUT2D eigenvalue weighted by molar-refractivity contribution is 14.1. The SMILES string of the molecule is C=CCOc1c(I)cc(/C=C2\SC(=O)N(c3ccccc3Cl)C2=O)cc1OC. The first-order valence-electron chi connectivity index (χ1n) is 8.10. The van der Waals surface area contributed by atoms with Crippen LogP contribution in [0.3, 0.4) is 0 Å². The lowest BCUT2D eigenvalue weighted by Crippen LogP contribution is -2.27. The minimum absolute atomic E-state index is 0.308. The van der Waals surface area contributed by atoms with Gasteiger partial charge in [0, 0.05) is 0 Å². The van der Waals surface area contributed by atoms with Gasteiger partial charge >= 0.3 is 0 Å². The molecule has 0 aromatic heterocycles. The van der Waals surface area contributed by atoms with Crippen molar-refractivity contribution in [3.05, 3.63) is 68.1 Å². The molecular formula is C20H15ClINO4S. The van der Waals surface area contributed by atoms with Crippen molar-refractivity contribution in [3.8, 4) is 11.5 Å². The summed E-state index contributed by atoms with van der Waals surface area (Å²) in [4.78, 5) is 26.6. The predicted octanol–water partition coefficient (Wildman–Crippen LogP) is 5.76. The van der Waals surface area contributed by atoms with Crippen LogP contribution < -0.4 is 14.4 Å². The predicted molar refractivity (Wildman–Crippen MR) is 121 cm³/mol. The molecule has 1 fully saturated rings. The number of amides is 2. The Morgan fingerprint density at radius 2 is 2.04 bits per heavy atom. The standard InChI is InChI=1S/C20H15ClINO4S/c1-3-8-27-18-14(22)9-12(10-16(18)26-2)11-17-19(24)23(20(25)28-17)15-7-5-4-6-13(15)21/h3-7,9-11H,1,8H2,2H3/b17-11-. The van der Waals surface area contributed by atoms with E-state index >= 15 is 0 Å². The molecule has 1 heterocycles. The monoisotopic (exact) mass is 527 g/mol. The maximum absolute atomic E-state index is 12.8. The number of carbonyl (C=O) groups is 2. The average Bonchev–Trinajstić information content (AvgIpc) is 2.94. The second kappa shape index (κ2) is 9.02. The zero-order valence-electron chi connectivity index (χ0n) is 14.8. The normalized spacial score (nSPS) is 15.2. The number of methoxy groups -OCH3 is 1. The summed E-state index contributed by atoms with van der Waals surface area (Å²) in [5.41, 5.74) is 1.09. The summed E-state index contributed by atoms with van der Waals surface area (Å²) < 4.78 is 11.9. The van der Waals surface area contributed by atoms with E-state index < -0.39 is 11.1 Å². The molecule has 8 heteroatoms. The minimum atomic E-state index is -0.413. The summed E-state index contributed by atoms with van der Waals surface area (Å²) in [6.45, 7) is 3.99. The van der Waals surface area contributed by atoms with E-state index in [4.69, 9.17) is 21.1 Å². The molecule has 5 nitrogen and oxygen atoms in total. The molecule has 144 valence electrons. The second-order valence-electron chi connectivity index (χ2n) is 5.60. The molecule has 0 radical (unpaired) electrons. The Balaban J connectivity index is 1.95. The van der Waals surface area contributed by atoms with Gasteiger partial charge in [-0.15, -0.1) is 0 Å². The van der Waals surface area contributed by atoms with E-state index in [1.54, 1.807) is 49.6 Å². The molecule has 0 spiro atoms. The Hall–Kier alpha value is -1.97. The molecule has 2 aromatic carbocycles. The van der Waals surface area contributed by atoms with Gasteiger partial charge in [-0.3, -0.25) is 9.59 Å². The van der Waals surface area contributed by atoms with Gasteiger partial charge in [0.05, 0.1) is 26.3 Å². The van der Waals surface area contributed by atoms with Crippen LogP contribution in [0.15, 0.2) is 54.0 Å². The lowest BCUT2D eigenvalue weighted by Gasteiger charge is -2.14. The van der Waals surface area contributed by atoms with Crippen LogP contribution >= 0.6 is 46.0 Å². The van der Waals surface area contributed by atoms with Crippen molar-refractivity contribution in [3.63, 3.8) is 0 Å². The van der Waals surface area contributed by atoms with Crippen molar-refractivity contribution in [1.82, 2.24) is 0 Å². The van der Waals surface area contributed by atoms with Crippen LogP contribution in [-0.2, 0) is 4.79 Å². The Morgan fingerprint density at radius 3 is 2.71 bits per heavy atom. The number of para-hydroxylation sites is 1. The van der Waals surface area contributed by atoms with E-state index in [9.17, 15) is 9.59 Å². The highest BCUT2D eigenvalue weighted by atomic mass is 127. The van der Waals surface area contributed by atoms with Crippen LogP contribution in [0.2, 0.25) is 5.02 Å². The molecular weight excluding hydrogens is 513 g/mol. The van der Waals surface area contributed by atoms with Crippen LogP contribution in [0.25, 0.3) is 6.08 Å². The number of halogens is 2. The molecule has 0 unspecified atom stereocenters. The van der Waals surface area contributed by atoms with Crippen molar-refractivity contribution < 1.29 is 19.1 Å². The maximum Gasteiger partial charge on any atom is 0.298 e. The summed E-state index contributed by atoms with van der Waals surface area (Å²) in [5, 5.41) is -0.0528. The average molecular weight is 528 g/mol. The zero-order valence-corrected chi connectivity index (χ0v) is 18.5. The fourth-order valence-electron chi connectivity index (χ4n) is 2.57. The van der Waals surface area contributed by atoms with Crippen LogP contribution in [0.4, 0.5) is 10.5 Å². The van der Waals surface area contributed by atoms with Crippen LogP contribution in [0, 0.1) is 3.57 Å². The van der Waals surface area contributed by atoms with Gasteiger partial charge in [-0.25, -0.2) is 4.90 Å². The summed E-state index contributed by atoms with van der Waals surface area (Å²) in [7, 11) is 1.54. The van der Waals surface area contributed by atoms with Gasteiger partial charge < -0.3 is 9.47 Å². The van der Waals surface area contributed by atoms with Gasteiger partial charge in [0.15, 0.2) is 11.5 Å². The molecule has 2 amide bonds. The van der Waals surface area contributed by atoms with Crippen LogP contribution in [0.5, 0.6) is 11.5 Å². The number of hydrogen-bond donors (Lipinski definition) is 0. The number of nitrogens with zero attached hydrogens (tertiary/aromatic N) is 1.